The zero-order valence-corrected chi connectivity index (χ0v) is 16.0. The molecule has 2 amide bonds. The van der Waals surface area contributed by atoms with Gasteiger partial charge in [0.2, 0.25) is 11.0 Å². The summed E-state index contributed by atoms with van der Waals surface area (Å²) in [5.74, 6) is -1.03. The highest BCUT2D eigenvalue weighted by molar-refractivity contribution is 8.26. The molecular formula is C16H13FN4O2S3. The first-order chi connectivity index (χ1) is 12.4. The topological polar surface area (TPSA) is 75.2 Å². The minimum atomic E-state index is -0.413. The van der Waals surface area contributed by atoms with Gasteiger partial charge < -0.3 is 5.32 Å². The number of nitrogens with one attached hydrogen (secondary N) is 1. The summed E-state index contributed by atoms with van der Waals surface area (Å²) in [5, 5.41) is 11.4. The molecule has 134 valence electrons. The van der Waals surface area contributed by atoms with Crippen molar-refractivity contribution in [2.45, 2.75) is 13.3 Å². The Kier molecular flexibility index (Phi) is 5.74. The van der Waals surface area contributed by atoms with Gasteiger partial charge in [-0.15, -0.1) is 10.2 Å². The van der Waals surface area contributed by atoms with E-state index in [0.29, 0.717) is 19.9 Å². The van der Waals surface area contributed by atoms with Gasteiger partial charge in [0.05, 0.1) is 4.91 Å². The first kappa shape index (κ1) is 18.6. The summed E-state index contributed by atoms with van der Waals surface area (Å²) in [6.07, 6.45) is 1.54. The van der Waals surface area contributed by atoms with E-state index in [1.54, 1.807) is 25.1 Å². The predicted molar refractivity (Wildman–Crippen MR) is 104 cm³/mol. The summed E-state index contributed by atoms with van der Waals surface area (Å²) in [6.45, 7) is 1.93. The Balaban J connectivity index is 1.62. The Hall–Kier alpha value is -2.17. The maximum atomic E-state index is 13.8. The third-order valence-corrected chi connectivity index (χ3v) is 5.53. The van der Waals surface area contributed by atoms with Gasteiger partial charge in [0.15, 0.2) is 0 Å². The highest BCUT2D eigenvalue weighted by Crippen LogP contribution is 2.33. The smallest absolute Gasteiger partial charge is 0.266 e. The molecule has 0 bridgehead atoms. The number of benzene rings is 1. The minimum absolute atomic E-state index is 0.0675. The van der Waals surface area contributed by atoms with Gasteiger partial charge in [-0.25, -0.2) is 4.39 Å². The maximum absolute atomic E-state index is 13.8. The number of nitrogens with zero attached hydrogens (tertiary/aromatic N) is 3. The fourth-order valence-corrected chi connectivity index (χ4v) is 4.08. The van der Waals surface area contributed by atoms with Crippen LogP contribution in [0.5, 0.6) is 0 Å². The fraction of sp³-hybridized carbons (Fsp3) is 0.188. The van der Waals surface area contributed by atoms with Crippen LogP contribution in [0.15, 0.2) is 29.2 Å². The molecule has 0 unspecified atom stereocenters. The van der Waals surface area contributed by atoms with Gasteiger partial charge in [0.25, 0.3) is 5.91 Å². The number of anilines is 1. The molecule has 1 aromatic heterocycles. The third kappa shape index (κ3) is 4.32. The summed E-state index contributed by atoms with van der Waals surface area (Å²) < 4.78 is 14.1. The number of amides is 2. The van der Waals surface area contributed by atoms with Crippen LogP contribution in [-0.4, -0.2) is 37.8 Å². The number of hydrogen-bond acceptors (Lipinski definition) is 7. The first-order valence-electron chi connectivity index (χ1n) is 7.54. The number of hydrogen-bond donors (Lipinski definition) is 1. The van der Waals surface area contributed by atoms with Crippen LogP contribution in [0.1, 0.15) is 17.0 Å². The lowest BCUT2D eigenvalue weighted by atomic mass is 10.2. The monoisotopic (exact) mass is 408 g/mol. The number of thiocarbonyl (C=S) groups is 1. The van der Waals surface area contributed by atoms with Crippen molar-refractivity contribution >= 4 is 62.7 Å². The molecule has 0 atom stereocenters. The molecule has 3 rings (SSSR count). The molecule has 1 aromatic carbocycles. The number of aromatic nitrogens is 2. The van der Waals surface area contributed by atoms with Gasteiger partial charge in [0.1, 0.15) is 15.1 Å². The van der Waals surface area contributed by atoms with Crippen molar-refractivity contribution < 1.29 is 14.0 Å². The molecule has 1 aliphatic rings. The van der Waals surface area contributed by atoms with Crippen LogP contribution in [0.2, 0.25) is 0 Å². The van der Waals surface area contributed by atoms with Crippen molar-refractivity contribution in [2.75, 3.05) is 11.9 Å². The summed E-state index contributed by atoms with van der Waals surface area (Å²) in [4.78, 5) is 26.1. The van der Waals surface area contributed by atoms with E-state index in [2.05, 4.69) is 15.5 Å². The second-order valence-corrected chi connectivity index (χ2v) is 8.14. The number of aryl methyl sites for hydroxylation is 1. The van der Waals surface area contributed by atoms with Crippen LogP contribution in [0.4, 0.5) is 9.52 Å². The Bertz CT molecular complexity index is 912. The van der Waals surface area contributed by atoms with Gasteiger partial charge in [-0.2, -0.15) is 0 Å². The van der Waals surface area contributed by atoms with Crippen molar-refractivity contribution in [1.29, 1.82) is 0 Å². The molecule has 0 radical (unpaired) electrons. The normalized spacial score (nSPS) is 15.8. The molecule has 6 nitrogen and oxygen atoms in total. The van der Waals surface area contributed by atoms with Crippen LogP contribution in [0.3, 0.4) is 0 Å². The van der Waals surface area contributed by atoms with E-state index >= 15 is 0 Å². The molecule has 1 saturated heterocycles. The summed E-state index contributed by atoms with van der Waals surface area (Å²) in [6, 6.07) is 6.18. The van der Waals surface area contributed by atoms with E-state index in [9.17, 15) is 14.0 Å². The maximum Gasteiger partial charge on any atom is 0.266 e. The number of halogens is 1. The Morgan fingerprint density at radius 3 is 2.85 bits per heavy atom. The van der Waals surface area contributed by atoms with Crippen LogP contribution in [0.25, 0.3) is 6.08 Å². The first-order valence-corrected chi connectivity index (χ1v) is 9.58. The molecule has 2 heterocycles. The Morgan fingerprint density at radius 1 is 1.38 bits per heavy atom. The number of rotatable bonds is 5. The van der Waals surface area contributed by atoms with E-state index in [0.717, 1.165) is 16.8 Å². The van der Waals surface area contributed by atoms with Crippen LogP contribution in [0, 0.1) is 12.7 Å². The Labute approximate surface area is 162 Å². The molecule has 0 saturated carbocycles. The molecule has 2 aromatic rings. The van der Waals surface area contributed by atoms with Crippen molar-refractivity contribution in [1.82, 2.24) is 15.1 Å². The van der Waals surface area contributed by atoms with Gasteiger partial charge in [-0.05, 0) is 19.1 Å². The minimum Gasteiger partial charge on any atom is -0.300 e. The van der Waals surface area contributed by atoms with Gasteiger partial charge in [0, 0.05) is 18.5 Å². The van der Waals surface area contributed by atoms with E-state index in [-0.39, 0.29) is 24.8 Å². The third-order valence-electron chi connectivity index (χ3n) is 3.40. The lowest BCUT2D eigenvalue weighted by molar-refractivity contribution is -0.122. The van der Waals surface area contributed by atoms with Gasteiger partial charge in [-0.3, -0.25) is 14.5 Å². The predicted octanol–water partition coefficient (Wildman–Crippen LogP) is 3.22. The van der Waals surface area contributed by atoms with Crippen molar-refractivity contribution in [3.05, 3.63) is 45.6 Å². The molecule has 1 fully saturated rings. The average Bonchev–Trinajstić information content (AvgIpc) is 3.11. The van der Waals surface area contributed by atoms with Crippen LogP contribution >= 0.6 is 35.3 Å². The zero-order chi connectivity index (χ0) is 18.7. The van der Waals surface area contributed by atoms with E-state index in [4.69, 9.17) is 12.2 Å². The summed E-state index contributed by atoms with van der Waals surface area (Å²) in [7, 11) is 0. The van der Waals surface area contributed by atoms with Gasteiger partial charge in [-0.1, -0.05) is 53.5 Å². The number of carbonyl (C=O) groups is 2. The van der Waals surface area contributed by atoms with Crippen LogP contribution in [-0.2, 0) is 9.59 Å². The highest BCUT2D eigenvalue weighted by atomic mass is 32.2. The molecule has 26 heavy (non-hydrogen) atoms. The lowest BCUT2D eigenvalue weighted by Gasteiger charge is -2.13. The van der Waals surface area contributed by atoms with E-state index in [1.807, 2.05) is 0 Å². The van der Waals surface area contributed by atoms with Crippen molar-refractivity contribution in [3.63, 3.8) is 0 Å². The van der Waals surface area contributed by atoms with E-state index < -0.39 is 5.82 Å². The zero-order valence-electron chi connectivity index (χ0n) is 13.6. The Morgan fingerprint density at radius 2 is 2.15 bits per heavy atom. The average molecular weight is 409 g/mol. The molecule has 1 N–H and O–H groups in total. The second-order valence-electron chi connectivity index (χ2n) is 5.28. The van der Waals surface area contributed by atoms with Crippen molar-refractivity contribution in [3.8, 4) is 0 Å². The SMILES string of the molecule is Cc1nnc(NC(=O)CCN2C(=O)C(=Cc3ccccc3F)SC2=S)s1. The molecule has 0 aliphatic carbocycles. The molecule has 1 aliphatic heterocycles. The van der Waals surface area contributed by atoms with Gasteiger partial charge >= 0.3 is 0 Å². The summed E-state index contributed by atoms with van der Waals surface area (Å²) >= 11 is 7.57. The number of thioether (sulfide) groups is 1. The standard InChI is InChI=1S/C16H13FN4O2S3/c1-9-19-20-15(25-9)18-13(22)6-7-21-14(23)12(26-16(21)24)8-10-4-2-3-5-11(10)17/h2-5,8H,6-7H2,1H3,(H,18,20,22). The summed E-state index contributed by atoms with van der Waals surface area (Å²) in [5.41, 5.74) is 0.317. The second kappa shape index (κ2) is 8.02. The van der Waals surface area contributed by atoms with Crippen molar-refractivity contribution in [2.24, 2.45) is 0 Å². The largest absolute Gasteiger partial charge is 0.300 e. The molecule has 10 heteroatoms. The lowest BCUT2D eigenvalue weighted by Crippen LogP contribution is -2.31. The van der Waals surface area contributed by atoms with E-state index in [1.165, 1.54) is 28.4 Å². The highest BCUT2D eigenvalue weighted by Gasteiger charge is 2.32. The fourth-order valence-electron chi connectivity index (χ4n) is 2.17. The van der Waals surface area contributed by atoms with Crippen LogP contribution < -0.4 is 5.32 Å². The quantitative estimate of drug-likeness (QED) is 0.605. The number of carbonyl (C=O) groups excluding carboxylic acids is 2. The molecule has 0 spiro atoms. The molecular weight excluding hydrogens is 395 g/mol.